The number of likely N-dealkylation sites (tertiary alicyclic amines) is 1. The second kappa shape index (κ2) is 5.80. The first kappa shape index (κ1) is 13.9. The topological polar surface area (TPSA) is 51.0 Å². The van der Waals surface area contributed by atoms with Crippen LogP contribution in [-0.4, -0.2) is 38.6 Å². The van der Waals surface area contributed by atoms with Gasteiger partial charge in [0.25, 0.3) is 5.56 Å². The Hall–Kier alpha value is -1.75. The van der Waals surface area contributed by atoms with Gasteiger partial charge in [0.1, 0.15) is 6.33 Å². The lowest BCUT2D eigenvalue weighted by Gasteiger charge is -2.37. The molecule has 0 amide bonds. The standard InChI is InChI=1S/C17H22N4O/c22-17-15-8-3-9-18-16(15)19-12-21(17)14-7-4-10-20(11-14)13-5-1-2-6-13/h3,8-9,12-14H,1-2,4-7,10-11H2. The number of nitrogens with zero attached hydrogens (tertiary/aromatic N) is 4. The van der Waals surface area contributed by atoms with E-state index in [-0.39, 0.29) is 11.6 Å². The van der Waals surface area contributed by atoms with Gasteiger partial charge in [-0.3, -0.25) is 14.3 Å². The van der Waals surface area contributed by atoms with Crippen LogP contribution in [0.25, 0.3) is 11.0 Å². The van der Waals surface area contributed by atoms with Crippen LogP contribution in [0.2, 0.25) is 0 Å². The van der Waals surface area contributed by atoms with Gasteiger partial charge in [-0.15, -0.1) is 0 Å². The average Bonchev–Trinajstić information content (AvgIpc) is 3.10. The number of piperidine rings is 1. The molecule has 0 N–H and O–H groups in total. The number of hydrogen-bond acceptors (Lipinski definition) is 4. The van der Waals surface area contributed by atoms with Crippen LogP contribution in [0, 0.1) is 0 Å². The molecule has 116 valence electrons. The Kier molecular flexibility index (Phi) is 3.66. The fourth-order valence-electron chi connectivity index (χ4n) is 4.05. The molecule has 2 aromatic heterocycles. The largest absolute Gasteiger partial charge is 0.298 e. The van der Waals surface area contributed by atoms with E-state index < -0.39 is 0 Å². The van der Waals surface area contributed by atoms with Gasteiger partial charge in [-0.05, 0) is 44.4 Å². The van der Waals surface area contributed by atoms with Gasteiger partial charge in [-0.25, -0.2) is 9.97 Å². The second-order valence-electron chi connectivity index (χ2n) is 6.56. The van der Waals surface area contributed by atoms with Crippen LogP contribution in [-0.2, 0) is 0 Å². The molecule has 0 bridgehead atoms. The summed E-state index contributed by atoms with van der Waals surface area (Å²) in [4.78, 5) is 23.9. The molecule has 2 aliphatic rings. The molecule has 5 nitrogen and oxygen atoms in total. The Balaban J connectivity index is 1.63. The maximum absolute atomic E-state index is 12.7. The predicted octanol–water partition coefficient (Wildman–Crippen LogP) is 2.37. The van der Waals surface area contributed by atoms with Crippen molar-refractivity contribution in [2.75, 3.05) is 13.1 Å². The zero-order chi connectivity index (χ0) is 14.9. The molecular weight excluding hydrogens is 276 g/mol. The minimum atomic E-state index is 0.0522. The molecule has 22 heavy (non-hydrogen) atoms. The van der Waals surface area contributed by atoms with E-state index in [0.717, 1.165) is 19.0 Å². The highest BCUT2D eigenvalue weighted by atomic mass is 16.1. The van der Waals surface area contributed by atoms with E-state index in [2.05, 4.69) is 14.9 Å². The van der Waals surface area contributed by atoms with Crippen molar-refractivity contribution in [2.24, 2.45) is 0 Å². The molecule has 2 aromatic rings. The van der Waals surface area contributed by atoms with E-state index in [9.17, 15) is 4.79 Å². The van der Waals surface area contributed by atoms with Crippen molar-refractivity contribution >= 4 is 11.0 Å². The number of fused-ring (bicyclic) bond motifs is 1. The number of aromatic nitrogens is 3. The van der Waals surface area contributed by atoms with Gasteiger partial charge >= 0.3 is 0 Å². The first-order valence-corrected chi connectivity index (χ1v) is 8.39. The van der Waals surface area contributed by atoms with Gasteiger partial charge < -0.3 is 0 Å². The zero-order valence-corrected chi connectivity index (χ0v) is 12.8. The molecule has 5 heteroatoms. The van der Waals surface area contributed by atoms with Crippen LogP contribution in [0.15, 0.2) is 29.5 Å². The molecular formula is C17H22N4O. The first-order valence-electron chi connectivity index (χ1n) is 8.39. The minimum absolute atomic E-state index is 0.0522. The van der Waals surface area contributed by atoms with Crippen molar-refractivity contribution in [1.82, 2.24) is 19.4 Å². The molecule has 1 saturated heterocycles. The smallest absolute Gasteiger partial charge is 0.263 e. The highest BCUT2D eigenvalue weighted by molar-refractivity contribution is 5.72. The van der Waals surface area contributed by atoms with Crippen molar-refractivity contribution in [1.29, 1.82) is 0 Å². The van der Waals surface area contributed by atoms with Crippen LogP contribution < -0.4 is 5.56 Å². The van der Waals surface area contributed by atoms with Gasteiger partial charge in [-0.1, -0.05) is 12.8 Å². The van der Waals surface area contributed by atoms with Crippen molar-refractivity contribution < 1.29 is 0 Å². The number of pyridine rings is 1. The Morgan fingerprint density at radius 1 is 1.05 bits per heavy atom. The van der Waals surface area contributed by atoms with Gasteiger partial charge in [0.2, 0.25) is 0 Å². The van der Waals surface area contributed by atoms with Crippen molar-refractivity contribution in [3.05, 3.63) is 35.0 Å². The monoisotopic (exact) mass is 298 g/mol. The zero-order valence-electron chi connectivity index (χ0n) is 12.8. The summed E-state index contributed by atoms with van der Waals surface area (Å²) >= 11 is 0. The molecule has 0 spiro atoms. The van der Waals surface area contributed by atoms with Crippen molar-refractivity contribution in [3.8, 4) is 0 Å². The molecule has 1 aliphatic carbocycles. The third-order valence-corrected chi connectivity index (χ3v) is 5.22. The third kappa shape index (κ3) is 2.43. The Bertz CT molecular complexity index is 720. The maximum atomic E-state index is 12.7. The molecule has 1 saturated carbocycles. The normalized spacial score (nSPS) is 24.1. The van der Waals surface area contributed by atoms with Crippen LogP contribution in [0.4, 0.5) is 0 Å². The summed E-state index contributed by atoms with van der Waals surface area (Å²) in [7, 11) is 0. The molecule has 0 radical (unpaired) electrons. The molecule has 1 unspecified atom stereocenters. The summed E-state index contributed by atoms with van der Waals surface area (Å²) in [5, 5.41) is 0.628. The Morgan fingerprint density at radius 2 is 1.86 bits per heavy atom. The number of rotatable bonds is 2. The van der Waals surface area contributed by atoms with E-state index in [1.807, 2.05) is 10.6 Å². The lowest BCUT2D eigenvalue weighted by atomic mass is 10.0. The molecule has 0 aromatic carbocycles. The highest BCUT2D eigenvalue weighted by Crippen LogP contribution is 2.29. The van der Waals surface area contributed by atoms with Crippen LogP contribution in [0.5, 0.6) is 0 Å². The molecule has 2 fully saturated rings. The van der Waals surface area contributed by atoms with E-state index in [0.29, 0.717) is 11.0 Å². The summed E-state index contributed by atoms with van der Waals surface area (Å²) in [6.45, 7) is 2.16. The Morgan fingerprint density at radius 3 is 2.73 bits per heavy atom. The maximum Gasteiger partial charge on any atom is 0.263 e. The fourth-order valence-corrected chi connectivity index (χ4v) is 4.05. The van der Waals surface area contributed by atoms with Crippen LogP contribution in [0.1, 0.15) is 44.6 Å². The Labute approximate surface area is 130 Å². The minimum Gasteiger partial charge on any atom is -0.298 e. The molecule has 1 aliphatic heterocycles. The lowest BCUT2D eigenvalue weighted by molar-refractivity contribution is 0.126. The lowest BCUT2D eigenvalue weighted by Crippen LogP contribution is -2.44. The van der Waals surface area contributed by atoms with E-state index in [1.165, 1.54) is 38.6 Å². The van der Waals surface area contributed by atoms with Crippen LogP contribution >= 0.6 is 0 Å². The first-order chi connectivity index (χ1) is 10.8. The summed E-state index contributed by atoms with van der Waals surface area (Å²) < 4.78 is 1.84. The molecule has 1 atom stereocenters. The molecule has 4 rings (SSSR count). The third-order valence-electron chi connectivity index (χ3n) is 5.22. The van der Waals surface area contributed by atoms with E-state index >= 15 is 0 Å². The summed E-state index contributed by atoms with van der Waals surface area (Å²) in [6, 6.07) is 4.61. The van der Waals surface area contributed by atoms with Gasteiger partial charge in [0.05, 0.1) is 11.4 Å². The quantitative estimate of drug-likeness (QED) is 0.854. The fraction of sp³-hybridized carbons (Fsp3) is 0.588. The summed E-state index contributed by atoms with van der Waals surface area (Å²) in [5.41, 5.74) is 0.601. The molecule has 3 heterocycles. The highest BCUT2D eigenvalue weighted by Gasteiger charge is 2.29. The predicted molar refractivity (Wildman–Crippen MR) is 85.9 cm³/mol. The average molecular weight is 298 g/mol. The van der Waals surface area contributed by atoms with Gasteiger partial charge in [-0.2, -0.15) is 0 Å². The van der Waals surface area contributed by atoms with Gasteiger partial charge in [0, 0.05) is 18.8 Å². The SMILES string of the molecule is O=c1c2cccnc2ncn1C1CCCN(C2CCCC2)C1. The van der Waals surface area contributed by atoms with Crippen molar-refractivity contribution in [3.63, 3.8) is 0 Å². The van der Waals surface area contributed by atoms with Crippen molar-refractivity contribution in [2.45, 2.75) is 50.6 Å². The summed E-state index contributed by atoms with van der Waals surface area (Å²) in [6.07, 6.45) is 11.0. The summed E-state index contributed by atoms with van der Waals surface area (Å²) in [5.74, 6) is 0. The number of hydrogen-bond donors (Lipinski definition) is 0. The van der Waals surface area contributed by atoms with Gasteiger partial charge in [0.15, 0.2) is 5.65 Å². The van der Waals surface area contributed by atoms with Crippen LogP contribution in [0.3, 0.4) is 0 Å². The second-order valence-corrected chi connectivity index (χ2v) is 6.56. The van der Waals surface area contributed by atoms with E-state index in [4.69, 9.17) is 0 Å². The van der Waals surface area contributed by atoms with E-state index in [1.54, 1.807) is 18.6 Å².